The fraction of sp³-hybridized carbons (Fsp3) is 0.444. The molecular weight excluding hydrogens is 332 g/mol. The van der Waals surface area contributed by atoms with Crippen LogP contribution < -0.4 is 11.0 Å². The van der Waals surface area contributed by atoms with Gasteiger partial charge in [0.25, 0.3) is 0 Å². The van der Waals surface area contributed by atoms with Crippen LogP contribution in [0.5, 0.6) is 0 Å². The van der Waals surface area contributed by atoms with Crippen LogP contribution >= 0.6 is 0 Å². The van der Waals surface area contributed by atoms with Gasteiger partial charge in [0.2, 0.25) is 5.91 Å². The van der Waals surface area contributed by atoms with Crippen LogP contribution in [0.1, 0.15) is 31.4 Å². The predicted molar refractivity (Wildman–Crippen MR) is 96.7 cm³/mol. The van der Waals surface area contributed by atoms with Crippen molar-refractivity contribution < 1.29 is 4.79 Å². The third kappa shape index (κ3) is 2.81. The van der Waals surface area contributed by atoms with Crippen molar-refractivity contribution in [3.8, 4) is 0 Å². The molecule has 26 heavy (non-hydrogen) atoms. The highest BCUT2D eigenvalue weighted by Crippen LogP contribution is 2.14. The van der Waals surface area contributed by atoms with Crippen LogP contribution in [0.15, 0.2) is 29.1 Å². The van der Waals surface area contributed by atoms with E-state index in [0.29, 0.717) is 13.1 Å². The molecule has 0 aliphatic carbocycles. The molecule has 1 aliphatic rings. The number of imidazole rings is 1. The van der Waals surface area contributed by atoms with Crippen molar-refractivity contribution in [1.82, 2.24) is 29.2 Å². The number of hydrogen-bond acceptors (Lipinski definition) is 4. The molecular formula is C18H22N6O2. The molecule has 136 valence electrons. The maximum Gasteiger partial charge on any atom is 0.329 e. The van der Waals surface area contributed by atoms with Crippen LogP contribution in [-0.4, -0.2) is 29.8 Å². The maximum absolute atomic E-state index is 12.7. The van der Waals surface area contributed by atoms with Gasteiger partial charge in [0.1, 0.15) is 12.4 Å². The lowest BCUT2D eigenvalue weighted by Gasteiger charge is -2.07. The van der Waals surface area contributed by atoms with Crippen molar-refractivity contribution >= 4 is 16.9 Å². The molecule has 0 unspecified atom stereocenters. The number of amides is 1. The molecule has 0 fully saturated rings. The highest BCUT2D eigenvalue weighted by atomic mass is 16.2. The molecule has 0 spiro atoms. The number of nitrogens with zero attached hydrogens (tertiary/aromatic N) is 5. The number of nitrogens with one attached hydrogen (secondary N) is 1. The van der Waals surface area contributed by atoms with Gasteiger partial charge >= 0.3 is 5.69 Å². The van der Waals surface area contributed by atoms with Crippen LogP contribution in [0.25, 0.3) is 11.0 Å². The van der Waals surface area contributed by atoms with E-state index in [4.69, 9.17) is 0 Å². The summed E-state index contributed by atoms with van der Waals surface area (Å²) in [6, 6.07) is 7.58. The van der Waals surface area contributed by atoms with Crippen LogP contribution in [0.3, 0.4) is 0 Å². The zero-order chi connectivity index (χ0) is 18.1. The molecule has 0 radical (unpaired) electrons. The molecule has 3 heterocycles. The first-order chi connectivity index (χ1) is 12.7. The van der Waals surface area contributed by atoms with Crippen LogP contribution in [0, 0.1) is 0 Å². The Kier molecular flexibility index (Phi) is 4.32. The van der Waals surface area contributed by atoms with E-state index in [1.54, 1.807) is 4.57 Å². The smallest absolute Gasteiger partial charge is 0.329 e. The van der Waals surface area contributed by atoms with E-state index < -0.39 is 0 Å². The summed E-state index contributed by atoms with van der Waals surface area (Å²) in [5.41, 5.74) is 1.50. The normalized spacial score (nSPS) is 13.3. The van der Waals surface area contributed by atoms with E-state index in [1.807, 2.05) is 31.2 Å². The van der Waals surface area contributed by atoms with Crippen molar-refractivity contribution in [1.29, 1.82) is 0 Å². The first kappa shape index (κ1) is 16.6. The Hall–Kier alpha value is -2.90. The highest BCUT2D eigenvalue weighted by Gasteiger charge is 2.18. The summed E-state index contributed by atoms with van der Waals surface area (Å²) in [5.74, 6) is 1.54. The molecule has 4 rings (SSSR count). The molecule has 0 saturated carbocycles. The van der Waals surface area contributed by atoms with Gasteiger partial charge in [-0.15, -0.1) is 10.2 Å². The third-order valence-electron chi connectivity index (χ3n) is 4.80. The minimum Gasteiger partial charge on any atom is -0.347 e. The molecule has 0 saturated heterocycles. The highest BCUT2D eigenvalue weighted by molar-refractivity contribution is 5.80. The summed E-state index contributed by atoms with van der Waals surface area (Å²) in [5, 5.41) is 11.1. The van der Waals surface area contributed by atoms with Crippen molar-refractivity contribution in [2.24, 2.45) is 0 Å². The van der Waals surface area contributed by atoms with Gasteiger partial charge in [-0.05, 0) is 25.0 Å². The molecule has 3 aromatic rings. The van der Waals surface area contributed by atoms with Crippen LogP contribution in [0.2, 0.25) is 0 Å². The van der Waals surface area contributed by atoms with E-state index in [0.717, 1.165) is 48.5 Å². The number of benzene rings is 1. The fourth-order valence-electron chi connectivity index (χ4n) is 3.58. The van der Waals surface area contributed by atoms with Gasteiger partial charge in [0, 0.05) is 19.5 Å². The third-order valence-corrected chi connectivity index (χ3v) is 4.80. The van der Waals surface area contributed by atoms with E-state index >= 15 is 0 Å². The molecule has 0 bridgehead atoms. The molecule has 1 aliphatic heterocycles. The average molecular weight is 354 g/mol. The van der Waals surface area contributed by atoms with Gasteiger partial charge in [0.05, 0.1) is 17.6 Å². The first-order valence-electron chi connectivity index (χ1n) is 9.04. The maximum atomic E-state index is 12.7. The monoisotopic (exact) mass is 354 g/mol. The fourth-order valence-corrected chi connectivity index (χ4v) is 3.58. The number of carbonyl (C=O) groups is 1. The van der Waals surface area contributed by atoms with Crippen LogP contribution in [-0.2, 0) is 37.4 Å². The zero-order valence-corrected chi connectivity index (χ0v) is 14.8. The lowest BCUT2D eigenvalue weighted by molar-refractivity contribution is -0.121. The number of rotatable bonds is 6. The first-order valence-corrected chi connectivity index (χ1v) is 9.04. The van der Waals surface area contributed by atoms with E-state index in [-0.39, 0.29) is 18.1 Å². The Labute approximate surface area is 150 Å². The van der Waals surface area contributed by atoms with Crippen molar-refractivity contribution in [2.45, 2.75) is 52.4 Å². The predicted octanol–water partition coefficient (Wildman–Crippen LogP) is 1.07. The molecule has 1 amide bonds. The van der Waals surface area contributed by atoms with Gasteiger partial charge in [-0.3, -0.25) is 13.9 Å². The Morgan fingerprint density at radius 2 is 1.96 bits per heavy atom. The number of para-hydroxylation sites is 2. The van der Waals surface area contributed by atoms with Gasteiger partial charge in [-0.1, -0.05) is 19.1 Å². The lowest BCUT2D eigenvalue weighted by atomic mass is 10.3. The minimum atomic E-state index is -0.207. The number of hydrogen-bond donors (Lipinski definition) is 1. The van der Waals surface area contributed by atoms with Crippen LogP contribution in [0.4, 0.5) is 0 Å². The number of fused-ring (bicyclic) bond motifs is 2. The second kappa shape index (κ2) is 6.78. The van der Waals surface area contributed by atoms with Gasteiger partial charge < -0.3 is 9.88 Å². The van der Waals surface area contributed by atoms with Crippen molar-refractivity contribution in [2.75, 3.05) is 0 Å². The number of aromatic nitrogens is 5. The summed E-state index contributed by atoms with van der Waals surface area (Å²) in [6.07, 6.45) is 2.86. The Balaban J connectivity index is 1.52. The average Bonchev–Trinajstić information content (AvgIpc) is 3.31. The number of aryl methyl sites for hydroxylation is 2. The summed E-state index contributed by atoms with van der Waals surface area (Å²) >= 11 is 0. The largest absolute Gasteiger partial charge is 0.347 e. The standard InChI is InChI=1S/C18H22N6O2/c1-2-9-22-13-6-3-4-7-14(13)24(18(22)26)12-17(25)19-11-16-21-20-15-8-5-10-23(15)16/h3-4,6-7H,2,5,8-12H2,1H3,(H,19,25). The van der Waals surface area contributed by atoms with Crippen molar-refractivity contribution in [3.05, 3.63) is 46.4 Å². The van der Waals surface area contributed by atoms with Gasteiger partial charge in [0.15, 0.2) is 5.82 Å². The topological polar surface area (TPSA) is 86.7 Å². The second-order valence-electron chi connectivity index (χ2n) is 6.57. The number of carbonyl (C=O) groups excluding carboxylic acids is 1. The van der Waals surface area contributed by atoms with Crippen molar-refractivity contribution in [3.63, 3.8) is 0 Å². The summed E-state index contributed by atoms with van der Waals surface area (Å²) in [4.78, 5) is 25.2. The minimum absolute atomic E-state index is 0.00292. The Morgan fingerprint density at radius 1 is 1.19 bits per heavy atom. The SMILES string of the molecule is CCCn1c(=O)n(CC(=O)NCc2nnc3n2CCC3)c2ccccc21. The lowest BCUT2D eigenvalue weighted by Crippen LogP contribution is -2.33. The summed E-state index contributed by atoms with van der Waals surface area (Å²) in [6.45, 7) is 3.89. The zero-order valence-electron chi connectivity index (χ0n) is 14.8. The Morgan fingerprint density at radius 3 is 2.73 bits per heavy atom. The van der Waals surface area contributed by atoms with E-state index in [9.17, 15) is 9.59 Å². The summed E-state index contributed by atoms with van der Waals surface area (Å²) in [7, 11) is 0. The quantitative estimate of drug-likeness (QED) is 0.717. The molecule has 8 heteroatoms. The van der Waals surface area contributed by atoms with Gasteiger partial charge in [-0.25, -0.2) is 4.79 Å². The van der Waals surface area contributed by atoms with E-state index in [2.05, 4.69) is 20.1 Å². The van der Waals surface area contributed by atoms with Gasteiger partial charge in [-0.2, -0.15) is 0 Å². The Bertz CT molecular complexity index is 1010. The second-order valence-corrected chi connectivity index (χ2v) is 6.57. The molecule has 1 aromatic carbocycles. The molecule has 2 aromatic heterocycles. The molecule has 1 N–H and O–H groups in total. The molecule has 0 atom stereocenters. The van der Waals surface area contributed by atoms with E-state index in [1.165, 1.54) is 4.57 Å². The molecule has 8 nitrogen and oxygen atoms in total. The summed E-state index contributed by atoms with van der Waals surface area (Å²) < 4.78 is 5.32.